The zero-order valence-electron chi connectivity index (χ0n) is 12.8. The van der Waals surface area contributed by atoms with E-state index < -0.39 is 11.7 Å². The average molecular weight is 312 g/mol. The summed E-state index contributed by atoms with van der Waals surface area (Å²) in [7, 11) is 0. The molecule has 0 aromatic heterocycles. The smallest absolute Gasteiger partial charge is 0.255 e. The van der Waals surface area contributed by atoms with Crippen LogP contribution in [0.25, 0.3) is 0 Å². The fourth-order valence-electron chi connectivity index (χ4n) is 2.65. The van der Waals surface area contributed by atoms with Gasteiger partial charge in [0.25, 0.3) is 5.91 Å². The molecule has 4 nitrogen and oxygen atoms in total. The van der Waals surface area contributed by atoms with Crippen LogP contribution in [0.1, 0.15) is 28.8 Å². The molecule has 1 heterocycles. The first-order valence-electron chi connectivity index (χ1n) is 7.53. The Labute approximate surface area is 133 Å². The normalized spacial score (nSPS) is 14.2. The number of halogens is 1. The number of rotatable bonds is 3. The maximum Gasteiger partial charge on any atom is 0.255 e. The van der Waals surface area contributed by atoms with Gasteiger partial charge in [-0.05, 0) is 43.2 Å². The molecule has 1 aliphatic rings. The number of carbonyl (C=O) groups excluding carboxylic acids is 2. The first-order chi connectivity index (χ1) is 11.1. The van der Waals surface area contributed by atoms with Gasteiger partial charge >= 0.3 is 0 Å². The summed E-state index contributed by atoms with van der Waals surface area (Å²) >= 11 is 0. The number of carbonyl (C=O) groups is 2. The molecule has 1 saturated heterocycles. The van der Waals surface area contributed by atoms with Crippen molar-refractivity contribution in [1.29, 1.82) is 0 Å². The van der Waals surface area contributed by atoms with Crippen LogP contribution in [0.4, 0.5) is 15.8 Å². The lowest BCUT2D eigenvalue weighted by Gasteiger charge is -2.20. The molecule has 2 amide bonds. The van der Waals surface area contributed by atoms with E-state index >= 15 is 0 Å². The van der Waals surface area contributed by atoms with Gasteiger partial charge in [-0.2, -0.15) is 0 Å². The van der Waals surface area contributed by atoms with Crippen molar-refractivity contribution in [1.82, 2.24) is 0 Å². The van der Waals surface area contributed by atoms with Crippen molar-refractivity contribution in [3.63, 3.8) is 0 Å². The minimum atomic E-state index is -0.416. The number of para-hydroxylation sites is 2. The zero-order chi connectivity index (χ0) is 16.4. The third-order valence-electron chi connectivity index (χ3n) is 3.95. The highest BCUT2D eigenvalue weighted by atomic mass is 19.1. The van der Waals surface area contributed by atoms with Crippen molar-refractivity contribution in [3.8, 4) is 0 Å². The van der Waals surface area contributed by atoms with E-state index in [4.69, 9.17) is 0 Å². The van der Waals surface area contributed by atoms with Crippen molar-refractivity contribution in [3.05, 3.63) is 59.4 Å². The monoisotopic (exact) mass is 312 g/mol. The van der Waals surface area contributed by atoms with Gasteiger partial charge in [-0.1, -0.05) is 18.2 Å². The first-order valence-corrected chi connectivity index (χ1v) is 7.53. The van der Waals surface area contributed by atoms with Crippen LogP contribution in [-0.4, -0.2) is 18.4 Å². The highest BCUT2D eigenvalue weighted by molar-refractivity contribution is 6.08. The average Bonchev–Trinajstić information content (AvgIpc) is 2.96. The van der Waals surface area contributed by atoms with Gasteiger partial charge < -0.3 is 10.2 Å². The molecule has 1 aliphatic heterocycles. The SMILES string of the molecule is Cc1ccc(C(=O)Nc2ccccc2N2CCCC2=O)cc1F. The van der Waals surface area contributed by atoms with Crippen molar-refractivity contribution in [2.45, 2.75) is 19.8 Å². The van der Waals surface area contributed by atoms with Gasteiger partial charge in [-0.25, -0.2) is 4.39 Å². The second-order valence-electron chi connectivity index (χ2n) is 5.58. The van der Waals surface area contributed by atoms with Gasteiger partial charge in [-0.15, -0.1) is 0 Å². The van der Waals surface area contributed by atoms with Crippen molar-refractivity contribution in [2.75, 3.05) is 16.8 Å². The molecular formula is C18H17FN2O2. The van der Waals surface area contributed by atoms with E-state index in [1.54, 1.807) is 42.2 Å². The highest BCUT2D eigenvalue weighted by Crippen LogP contribution is 2.29. The molecule has 0 saturated carbocycles. The summed E-state index contributed by atoms with van der Waals surface area (Å²) in [5.41, 5.74) is 1.96. The summed E-state index contributed by atoms with van der Waals surface area (Å²) in [6.45, 7) is 2.29. The Bertz CT molecular complexity index is 773. The van der Waals surface area contributed by atoms with Crippen molar-refractivity contribution in [2.24, 2.45) is 0 Å². The molecule has 118 valence electrons. The lowest BCUT2D eigenvalue weighted by atomic mass is 10.1. The van der Waals surface area contributed by atoms with Crippen LogP contribution in [0.5, 0.6) is 0 Å². The Morgan fingerprint density at radius 2 is 2.00 bits per heavy atom. The molecule has 23 heavy (non-hydrogen) atoms. The van der Waals surface area contributed by atoms with E-state index in [2.05, 4.69) is 5.32 Å². The number of benzene rings is 2. The summed E-state index contributed by atoms with van der Waals surface area (Å²) in [6, 6.07) is 11.5. The van der Waals surface area contributed by atoms with Gasteiger partial charge in [0.05, 0.1) is 11.4 Å². The number of hydrogen-bond donors (Lipinski definition) is 1. The Kier molecular flexibility index (Phi) is 4.10. The number of hydrogen-bond acceptors (Lipinski definition) is 2. The third-order valence-corrected chi connectivity index (χ3v) is 3.95. The lowest BCUT2D eigenvalue weighted by Crippen LogP contribution is -2.25. The van der Waals surface area contributed by atoms with E-state index in [9.17, 15) is 14.0 Å². The number of amides is 2. The lowest BCUT2D eigenvalue weighted by molar-refractivity contribution is -0.117. The minimum absolute atomic E-state index is 0.0491. The molecule has 0 radical (unpaired) electrons. The van der Waals surface area contributed by atoms with Crippen LogP contribution in [0.2, 0.25) is 0 Å². The minimum Gasteiger partial charge on any atom is -0.320 e. The van der Waals surface area contributed by atoms with Crippen LogP contribution in [0.3, 0.4) is 0 Å². The number of aryl methyl sites for hydroxylation is 1. The topological polar surface area (TPSA) is 49.4 Å². The molecule has 0 spiro atoms. The van der Waals surface area contributed by atoms with Crippen LogP contribution < -0.4 is 10.2 Å². The summed E-state index contributed by atoms with van der Waals surface area (Å²) < 4.78 is 13.6. The van der Waals surface area contributed by atoms with Crippen LogP contribution in [0, 0.1) is 12.7 Å². The van der Waals surface area contributed by atoms with E-state index in [1.807, 2.05) is 6.07 Å². The summed E-state index contributed by atoms with van der Waals surface area (Å²) in [5.74, 6) is -0.767. The summed E-state index contributed by atoms with van der Waals surface area (Å²) in [5, 5.41) is 2.77. The molecule has 2 aromatic rings. The Morgan fingerprint density at radius 3 is 2.70 bits per heavy atom. The Morgan fingerprint density at radius 1 is 1.22 bits per heavy atom. The van der Waals surface area contributed by atoms with Crippen LogP contribution in [-0.2, 0) is 4.79 Å². The second-order valence-corrected chi connectivity index (χ2v) is 5.58. The van der Waals surface area contributed by atoms with E-state index in [0.717, 1.165) is 6.42 Å². The van der Waals surface area contributed by atoms with E-state index in [-0.39, 0.29) is 11.5 Å². The van der Waals surface area contributed by atoms with Gasteiger partial charge in [0, 0.05) is 18.5 Å². The maximum absolute atomic E-state index is 13.6. The van der Waals surface area contributed by atoms with Crippen LogP contribution >= 0.6 is 0 Å². The van der Waals surface area contributed by atoms with Crippen molar-refractivity contribution < 1.29 is 14.0 Å². The standard InChI is InChI=1S/C18H17FN2O2/c1-12-8-9-13(11-14(12)19)18(23)20-15-5-2-3-6-16(15)21-10-4-7-17(21)22/h2-3,5-6,8-9,11H,4,7,10H2,1H3,(H,20,23). The Balaban J connectivity index is 1.86. The number of nitrogens with one attached hydrogen (secondary N) is 1. The van der Waals surface area contributed by atoms with E-state index in [0.29, 0.717) is 29.9 Å². The third kappa shape index (κ3) is 3.08. The predicted molar refractivity (Wildman–Crippen MR) is 87.1 cm³/mol. The molecule has 1 N–H and O–H groups in total. The van der Waals surface area contributed by atoms with E-state index in [1.165, 1.54) is 6.07 Å². The van der Waals surface area contributed by atoms with Crippen molar-refractivity contribution >= 4 is 23.2 Å². The zero-order valence-corrected chi connectivity index (χ0v) is 12.8. The molecule has 0 unspecified atom stereocenters. The first kappa shape index (κ1) is 15.2. The molecule has 0 atom stereocenters. The predicted octanol–water partition coefficient (Wildman–Crippen LogP) is 3.51. The Hall–Kier alpha value is -2.69. The fraction of sp³-hybridized carbons (Fsp3) is 0.222. The number of anilines is 2. The van der Waals surface area contributed by atoms with Gasteiger partial charge in [0.2, 0.25) is 5.91 Å². The maximum atomic E-state index is 13.6. The summed E-state index contributed by atoms with van der Waals surface area (Å²) in [4.78, 5) is 25.9. The molecule has 5 heteroatoms. The number of nitrogens with zero attached hydrogens (tertiary/aromatic N) is 1. The molecular weight excluding hydrogens is 295 g/mol. The highest BCUT2D eigenvalue weighted by Gasteiger charge is 2.24. The van der Waals surface area contributed by atoms with Gasteiger partial charge in [-0.3, -0.25) is 9.59 Å². The van der Waals surface area contributed by atoms with Gasteiger partial charge in [0.15, 0.2) is 0 Å². The molecule has 1 fully saturated rings. The fourth-order valence-corrected chi connectivity index (χ4v) is 2.65. The largest absolute Gasteiger partial charge is 0.320 e. The second kappa shape index (κ2) is 6.20. The quantitative estimate of drug-likeness (QED) is 0.943. The van der Waals surface area contributed by atoms with Gasteiger partial charge in [0.1, 0.15) is 5.82 Å². The molecule has 2 aromatic carbocycles. The molecule has 3 rings (SSSR count). The molecule has 0 bridgehead atoms. The van der Waals surface area contributed by atoms with Crippen LogP contribution in [0.15, 0.2) is 42.5 Å². The molecule has 0 aliphatic carbocycles. The summed E-state index contributed by atoms with van der Waals surface area (Å²) in [6.07, 6.45) is 1.33.